The van der Waals surface area contributed by atoms with Crippen molar-refractivity contribution in [3.63, 3.8) is 0 Å². The number of benzene rings is 1. The lowest BCUT2D eigenvalue weighted by atomic mass is 9.77. The fourth-order valence-corrected chi connectivity index (χ4v) is 3.24. The van der Waals surface area contributed by atoms with Gasteiger partial charge in [0.15, 0.2) is 0 Å². The molecule has 0 saturated heterocycles. The molecule has 3 rings (SSSR count). The van der Waals surface area contributed by atoms with Gasteiger partial charge in [-0.25, -0.2) is 0 Å². The van der Waals surface area contributed by atoms with Crippen LogP contribution in [0.15, 0.2) is 43.1 Å². The van der Waals surface area contributed by atoms with Gasteiger partial charge in [0.05, 0.1) is 0 Å². The summed E-state index contributed by atoms with van der Waals surface area (Å²) < 4.78 is 2.16. The van der Waals surface area contributed by atoms with Gasteiger partial charge < -0.3 is 9.88 Å². The lowest BCUT2D eigenvalue weighted by molar-refractivity contribution is -0.111. The van der Waals surface area contributed by atoms with Crippen LogP contribution in [0, 0.1) is 5.41 Å². The van der Waals surface area contributed by atoms with Gasteiger partial charge in [0, 0.05) is 35.4 Å². The predicted octanol–water partition coefficient (Wildman–Crippen LogP) is 4.90. The van der Waals surface area contributed by atoms with Gasteiger partial charge in [-0.05, 0) is 54.5 Å². The number of anilines is 1. The van der Waals surface area contributed by atoms with E-state index >= 15 is 0 Å². The maximum atomic E-state index is 11.5. The van der Waals surface area contributed by atoms with Crippen LogP contribution in [0.3, 0.4) is 0 Å². The molecule has 0 radical (unpaired) electrons. The van der Waals surface area contributed by atoms with Crippen LogP contribution in [0.2, 0.25) is 0 Å². The molecule has 120 valence electrons. The normalized spacial score (nSPS) is 16.9. The van der Waals surface area contributed by atoms with Crippen LogP contribution in [0.5, 0.6) is 0 Å². The molecule has 1 heterocycles. The third-order valence-corrected chi connectivity index (χ3v) is 4.76. The van der Waals surface area contributed by atoms with Crippen LogP contribution < -0.4 is 5.32 Å². The first kappa shape index (κ1) is 15.6. The number of aryl methyl sites for hydroxylation is 1. The average Bonchev–Trinajstić information content (AvgIpc) is 2.84. The van der Waals surface area contributed by atoms with Gasteiger partial charge in [0.25, 0.3) is 0 Å². The van der Waals surface area contributed by atoms with Crippen LogP contribution in [0.1, 0.15) is 38.7 Å². The largest absolute Gasteiger partial charge is 0.350 e. The zero-order chi connectivity index (χ0) is 16.6. The number of hydrogen-bond donors (Lipinski definition) is 1. The highest BCUT2D eigenvalue weighted by Gasteiger charge is 2.23. The molecule has 0 aliphatic heterocycles. The molecule has 1 aliphatic carbocycles. The molecule has 3 nitrogen and oxygen atoms in total. The maximum Gasteiger partial charge on any atom is 0.247 e. The lowest BCUT2D eigenvalue weighted by Gasteiger charge is -2.28. The molecule has 0 spiro atoms. The summed E-state index contributed by atoms with van der Waals surface area (Å²) in [6.07, 6.45) is 9.31. The molecule has 1 aromatic carbocycles. The highest BCUT2D eigenvalue weighted by molar-refractivity contribution is 6.02. The molecule has 0 saturated carbocycles. The van der Waals surface area contributed by atoms with Crippen LogP contribution in [-0.4, -0.2) is 10.5 Å². The topological polar surface area (TPSA) is 34.0 Å². The fourth-order valence-electron chi connectivity index (χ4n) is 3.24. The lowest BCUT2D eigenvalue weighted by Crippen LogP contribution is -2.14. The van der Waals surface area contributed by atoms with Crippen molar-refractivity contribution in [2.75, 3.05) is 5.32 Å². The number of carbonyl (C=O) groups excluding carboxylic acids is 1. The Kier molecular flexibility index (Phi) is 3.88. The second kappa shape index (κ2) is 5.73. The summed E-state index contributed by atoms with van der Waals surface area (Å²) in [5.74, 6) is -0.180. The molecule has 0 atom stereocenters. The molecule has 1 aliphatic rings. The van der Waals surface area contributed by atoms with E-state index in [4.69, 9.17) is 0 Å². The first-order chi connectivity index (χ1) is 10.9. The molecule has 0 unspecified atom stereocenters. The quantitative estimate of drug-likeness (QED) is 0.804. The predicted molar refractivity (Wildman–Crippen MR) is 97.4 cm³/mol. The number of nitrogens with zero attached hydrogens (tertiary/aromatic N) is 1. The number of hydrogen-bond acceptors (Lipinski definition) is 1. The molecule has 0 fully saturated rings. The molecular weight excluding hydrogens is 284 g/mol. The zero-order valence-corrected chi connectivity index (χ0v) is 14.1. The highest BCUT2D eigenvalue weighted by atomic mass is 16.1. The Bertz CT molecular complexity index is 808. The van der Waals surface area contributed by atoms with Crippen LogP contribution in [-0.2, 0) is 11.8 Å². The Balaban J connectivity index is 2.03. The molecule has 0 bridgehead atoms. The first-order valence-corrected chi connectivity index (χ1v) is 8.11. The Morgan fingerprint density at radius 1 is 1.39 bits per heavy atom. The van der Waals surface area contributed by atoms with Gasteiger partial charge in [-0.3, -0.25) is 4.79 Å². The van der Waals surface area contributed by atoms with Crippen molar-refractivity contribution in [3.05, 3.63) is 48.7 Å². The summed E-state index contributed by atoms with van der Waals surface area (Å²) in [7, 11) is 2.07. The van der Waals surface area contributed by atoms with E-state index in [-0.39, 0.29) is 5.91 Å². The minimum atomic E-state index is -0.180. The van der Waals surface area contributed by atoms with E-state index in [0.29, 0.717) is 5.41 Å². The van der Waals surface area contributed by atoms with Gasteiger partial charge in [-0.2, -0.15) is 0 Å². The molecule has 3 heteroatoms. The Morgan fingerprint density at radius 3 is 2.83 bits per heavy atom. The average molecular weight is 308 g/mol. The van der Waals surface area contributed by atoms with Gasteiger partial charge in [-0.15, -0.1) is 0 Å². The van der Waals surface area contributed by atoms with Crippen LogP contribution in [0.25, 0.3) is 16.5 Å². The summed E-state index contributed by atoms with van der Waals surface area (Å²) in [6.45, 7) is 8.15. The minimum absolute atomic E-state index is 0.180. The molecule has 2 aromatic rings. The first-order valence-electron chi connectivity index (χ1n) is 8.11. The standard InChI is InChI=1S/C20H24N2O/c1-5-19(23)21-15-6-7-18-16(12-15)17(13-22(18)4)14-8-10-20(2,3)11-9-14/h5-8,12-13H,1,9-11H2,2-4H3,(H,21,23). The third kappa shape index (κ3) is 3.09. The van der Waals surface area contributed by atoms with Crippen molar-refractivity contribution in [2.45, 2.75) is 33.1 Å². The molecular formula is C20H24N2O. The van der Waals surface area contributed by atoms with Crippen molar-refractivity contribution in [2.24, 2.45) is 12.5 Å². The van der Waals surface area contributed by atoms with Crippen molar-refractivity contribution in [3.8, 4) is 0 Å². The van der Waals surface area contributed by atoms with E-state index in [2.05, 4.69) is 61.8 Å². The molecule has 1 N–H and O–H groups in total. The second-order valence-electron chi connectivity index (χ2n) is 7.18. The highest BCUT2D eigenvalue weighted by Crippen LogP contribution is 2.40. The Morgan fingerprint density at radius 2 is 2.17 bits per heavy atom. The van der Waals surface area contributed by atoms with E-state index in [0.717, 1.165) is 18.5 Å². The van der Waals surface area contributed by atoms with Crippen molar-refractivity contribution in [1.29, 1.82) is 0 Å². The van der Waals surface area contributed by atoms with E-state index in [1.54, 1.807) is 0 Å². The third-order valence-electron chi connectivity index (χ3n) is 4.76. The van der Waals surface area contributed by atoms with Gasteiger partial charge in [-0.1, -0.05) is 26.5 Å². The Hall–Kier alpha value is -2.29. The van der Waals surface area contributed by atoms with E-state index in [1.807, 2.05) is 6.07 Å². The van der Waals surface area contributed by atoms with Crippen molar-refractivity contribution >= 4 is 28.1 Å². The second-order valence-corrected chi connectivity index (χ2v) is 7.18. The van der Waals surface area contributed by atoms with Crippen LogP contribution in [0.4, 0.5) is 5.69 Å². The maximum absolute atomic E-state index is 11.5. The number of allylic oxidation sites excluding steroid dienone is 2. The van der Waals surface area contributed by atoms with E-state index in [9.17, 15) is 4.79 Å². The SMILES string of the molecule is C=CC(=O)Nc1ccc2c(c1)c(C1=CCC(C)(C)CC1)cn2C. The van der Waals surface area contributed by atoms with Gasteiger partial charge >= 0.3 is 0 Å². The minimum Gasteiger partial charge on any atom is -0.350 e. The molecule has 1 amide bonds. The fraction of sp³-hybridized carbons (Fsp3) is 0.350. The number of rotatable bonds is 3. The van der Waals surface area contributed by atoms with Gasteiger partial charge in [0.1, 0.15) is 0 Å². The number of aromatic nitrogens is 1. The zero-order valence-electron chi connectivity index (χ0n) is 14.1. The number of amides is 1. The summed E-state index contributed by atoms with van der Waals surface area (Å²) in [5.41, 5.74) is 5.10. The number of carbonyl (C=O) groups is 1. The monoisotopic (exact) mass is 308 g/mol. The Labute approximate surface area is 137 Å². The van der Waals surface area contributed by atoms with E-state index < -0.39 is 0 Å². The summed E-state index contributed by atoms with van der Waals surface area (Å²) in [5, 5.41) is 4.05. The van der Waals surface area contributed by atoms with E-state index in [1.165, 1.54) is 34.5 Å². The molecule has 23 heavy (non-hydrogen) atoms. The molecule has 1 aromatic heterocycles. The van der Waals surface area contributed by atoms with Crippen LogP contribution >= 0.6 is 0 Å². The summed E-state index contributed by atoms with van der Waals surface area (Å²) in [6, 6.07) is 6.06. The summed E-state index contributed by atoms with van der Waals surface area (Å²) >= 11 is 0. The van der Waals surface area contributed by atoms with Crippen molar-refractivity contribution < 1.29 is 4.79 Å². The smallest absolute Gasteiger partial charge is 0.247 e. The van der Waals surface area contributed by atoms with Crippen molar-refractivity contribution in [1.82, 2.24) is 4.57 Å². The number of fused-ring (bicyclic) bond motifs is 1. The number of nitrogens with one attached hydrogen (secondary N) is 1. The van der Waals surface area contributed by atoms with Gasteiger partial charge in [0.2, 0.25) is 5.91 Å². The summed E-state index contributed by atoms with van der Waals surface area (Å²) in [4.78, 5) is 11.5.